The summed E-state index contributed by atoms with van der Waals surface area (Å²) in [7, 11) is 0. The normalized spacial score (nSPS) is 10.8. The van der Waals surface area contributed by atoms with Gasteiger partial charge < -0.3 is 14.5 Å². The van der Waals surface area contributed by atoms with Crippen molar-refractivity contribution >= 4 is 40.1 Å². The molecule has 0 radical (unpaired) electrons. The van der Waals surface area contributed by atoms with Crippen LogP contribution in [0.5, 0.6) is 0 Å². The standard InChI is InChI=1S/C21H20N6O4S2/c1-2-30-18(29)9-15-12-32-20(23-15)24-17(28)13-33-21-26-25-19(14-5-3-7-22-10-14)27(21)11-16-6-4-8-31-16/h3-8,10,12H,2,9,11,13H2,1H3,(H,23,24,28). The van der Waals surface area contributed by atoms with E-state index < -0.39 is 0 Å². The van der Waals surface area contributed by atoms with Crippen LogP contribution < -0.4 is 5.32 Å². The quantitative estimate of drug-likeness (QED) is 0.267. The molecule has 1 amide bonds. The Labute approximate surface area is 197 Å². The highest BCUT2D eigenvalue weighted by Gasteiger charge is 2.18. The number of carbonyl (C=O) groups is 2. The van der Waals surface area contributed by atoms with Crippen LogP contribution in [0.25, 0.3) is 11.4 Å². The molecule has 4 rings (SSSR count). The molecule has 12 heteroatoms. The lowest BCUT2D eigenvalue weighted by atomic mass is 10.2. The van der Waals surface area contributed by atoms with Gasteiger partial charge in [0.05, 0.1) is 37.3 Å². The number of thiazole rings is 1. The number of ether oxygens (including phenoxy) is 1. The van der Waals surface area contributed by atoms with Gasteiger partial charge in [-0.15, -0.1) is 21.5 Å². The van der Waals surface area contributed by atoms with Crippen LogP contribution in [0.3, 0.4) is 0 Å². The largest absolute Gasteiger partial charge is 0.467 e. The molecule has 0 aromatic carbocycles. The molecule has 33 heavy (non-hydrogen) atoms. The number of nitrogens with zero attached hydrogens (tertiary/aromatic N) is 5. The summed E-state index contributed by atoms with van der Waals surface area (Å²) in [5.74, 6) is 0.883. The van der Waals surface area contributed by atoms with E-state index in [1.165, 1.54) is 23.1 Å². The van der Waals surface area contributed by atoms with E-state index in [1.54, 1.807) is 31.0 Å². The van der Waals surface area contributed by atoms with Crippen LogP contribution in [0.2, 0.25) is 0 Å². The molecule has 0 saturated carbocycles. The number of aromatic nitrogens is 5. The van der Waals surface area contributed by atoms with E-state index in [2.05, 4.69) is 25.5 Å². The number of amides is 1. The van der Waals surface area contributed by atoms with Crippen molar-refractivity contribution in [1.29, 1.82) is 0 Å². The first-order valence-electron chi connectivity index (χ1n) is 10.0. The predicted octanol–water partition coefficient (Wildman–Crippen LogP) is 3.27. The maximum absolute atomic E-state index is 12.5. The fourth-order valence-electron chi connectivity index (χ4n) is 2.90. The Kier molecular flexibility index (Phi) is 7.47. The maximum atomic E-state index is 12.5. The van der Waals surface area contributed by atoms with Crippen molar-refractivity contribution in [3.05, 3.63) is 59.8 Å². The zero-order valence-corrected chi connectivity index (χ0v) is 19.3. The Hall–Kier alpha value is -3.51. The molecule has 4 aromatic heterocycles. The summed E-state index contributed by atoms with van der Waals surface area (Å²) < 4.78 is 12.3. The summed E-state index contributed by atoms with van der Waals surface area (Å²) in [4.78, 5) is 32.5. The number of hydrogen-bond donors (Lipinski definition) is 1. The second-order valence-electron chi connectivity index (χ2n) is 6.68. The van der Waals surface area contributed by atoms with Gasteiger partial charge in [0.25, 0.3) is 0 Å². The second-order valence-corrected chi connectivity index (χ2v) is 8.48. The van der Waals surface area contributed by atoms with Crippen molar-refractivity contribution in [3.8, 4) is 11.4 Å². The first-order valence-corrected chi connectivity index (χ1v) is 11.9. The minimum atomic E-state index is -0.350. The highest BCUT2D eigenvalue weighted by Crippen LogP contribution is 2.25. The number of anilines is 1. The van der Waals surface area contributed by atoms with E-state index in [4.69, 9.17) is 9.15 Å². The van der Waals surface area contributed by atoms with E-state index in [1.807, 2.05) is 28.8 Å². The van der Waals surface area contributed by atoms with Gasteiger partial charge in [0.15, 0.2) is 16.1 Å². The lowest BCUT2D eigenvalue weighted by Gasteiger charge is -2.08. The molecular formula is C21H20N6O4S2. The third-order valence-electron chi connectivity index (χ3n) is 4.29. The number of carbonyl (C=O) groups excluding carboxylic acids is 2. The smallest absolute Gasteiger partial charge is 0.311 e. The summed E-state index contributed by atoms with van der Waals surface area (Å²) in [6, 6.07) is 7.40. The monoisotopic (exact) mass is 484 g/mol. The number of rotatable bonds is 10. The fourth-order valence-corrected chi connectivity index (χ4v) is 4.36. The summed E-state index contributed by atoms with van der Waals surface area (Å²) in [5.41, 5.74) is 1.37. The highest BCUT2D eigenvalue weighted by molar-refractivity contribution is 7.99. The molecule has 0 atom stereocenters. The van der Waals surface area contributed by atoms with Crippen molar-refractivity contribution in [2.24, 2.45) is 0 Å². The SMILES string of the molecule is CCOC(=O)Cc1csc(NC(=O)CSc2nnc(-c3cccnc3)n2Cc2ccco2)n1. The molecule has 0 unspecified atom stereocenters. The summed E-state index contributed by atoms with van der Waals surface area (Å²) in [6.07, 6.45) is 5.07. The molecule has 0 aliphatic carbocycles. The Morgan fingerprint density at radius 2 is 2.18 bits per heavy atom. The van der Waals surface area contributed by atoms with Crippen molar-refractivity contribution in [2.75, 3.05) is 17.7 Å². The molecule has 170 valence electrons. The van der Waals surface area contributed by atoms with Gasteiger partial charge in [-0.05, 0) is 31.2 Å². The molecule has 0 fully saturated rings. The average molecular weight is 485 g/mol. The van der Waals surface area contributed by atoms with E-state index in [0.717, 1.165) is 11.3 Å². The maximum Gasteiger partial charge on any atom is 0.311 e. The first kappa shape index (κ1) is 22.7. The Morgan fingerprint density at radius 3 is 2.94 bits per heavy atom. The van der Waals surface area contributed by atoms with E-state index >= 15 is 0 Å². The lowest BCUT2D eigenvalue weighted by molar-refractivity contribution is -0.142. The zero-order valence-electron chi connectivity index (χ0n) is 17.6. The minimum Gasteiger partial charge on any atom is -0.467 e. The Bertz CT molecular complexity index is 1210. The predicted molar refractivity (Wildman–Crippen MR) is 123 cm³/mol. The second kappa shape index (κ2) is 10.9. The number of nitrogens with one attached hydrogen (secondary N) is 1. The van der Waals surface area contributed by atoms with Gasteiger partial charge in [0, 0.05) is 23.3 Å². The summed E-state index contributed by atoms with van der Waals surface area (Å²) >= 11 is 2.51. The number of furan rings is 1. The third kappa shape index (κ3) is 6.05. The van der Waals surface area contributed by atoms with Gasteiger partial charge in [0.2, 0.25) is 5.91 Å². The van der Waals surface area contributed by atoms with Gasteiger partial charge in [0.1, 0.15) is 5.76 Å². The van der Waals surface area contributed by atoms with Gasteiger partial charge >= 0.3 is 5.97 Å². The van der Waals surface area contributed by atoms with E-state index in [-0.39, 0.29) is 24.1 Å². The van der Waals surface area contributed by atoms with Crippen LogP contribution in [0, 0.1) is 0 Å². The van der Waals surface area contributed by atoms with Gasteiger partial charge in [-0.3, -0.25) is 19.1 Å². The number of esters is 1. The van der Waals surface area contributed by atoms with Gasteiger partial charge in [-0.2, -0.15) is 0 Å². The fraction of sp³-hybridized carbons (Fsp3) is 0.238. The third-order valence-corrected chi connectivity index (χ3v) is 6.07. The van der Waals surface area contributed by atoms with Crippen molar-refractivity contribution in [3.63, 3.8) is 0 Å². The molecule has 0 aliphatic rings. The molecule has 0 aliphatic heterocycles. The van der Waals surface area contributed by atoms with Crippen LogP contribution >= 0.6 is 23.1 Å². The molecule has 10 nitrogen and oxygen atoms in total. The zero-order chi connectivity index (χ0) is 23.0. The minimum absolute atomic E-state index is 0.0714. The van der Waals surface area contributed by atoms with Crippen molar-refractivity contribution in [2.45, 2.75) is 25.0 Å². The summed E-state index contributed by atoms with van der Waals surface area (Å²) in [5, 5.41) is 14.0. The molecule has 4 heterocycles. The van der Waals surface area contributed by atoms with Gasteiger partial charge in [-0.1, -0.05) is 11.8 Å². The topological polar surface area (TPSA) is 125 Å². The van der Waals surface area contributed by atoms with Crippen LogP contribution in [0.1, 0.15) is 18.4 Å². The molecule has 1 N–H and O–H groups in total. The van der Waals surface area contributed by atoms with E-state index in [0.29, 0.717) is 35.0 Å². The Balaban J connectivity index is 1.41. The molecule has 0 spiro atoms. The molecule has 4 aromatic rings. The van der Waals surface area contributed by atoms with Gasteiger partial charge in [-0.25, -0.2) is 4.98 Å². The van der Waals surface area contributed by atoms with Crippen LogP contribution in [0.4, 0.5) is 5.13 Å². The molecule has 0 saturated heterocycles. The summed E-state index contributed by atoms with van der Waals surface area (Å²) in [6.45, 7) is 2.48. The molecular weight excluding hydrogens is 464 g/mol. The van der Waals surface area contributed by atoms with Crippen LogP contribution in [-0.4, -0.2) is 49.0 Å². The van der Waals surface area contributed by atoms with Crippen LogP contribution in [-0.2, 0) is 27.3 Å². The van der Waals surface area contributed by atoms with Crippen LogP contribution in [0.15, 0.2) is 57.9 Å². The van der Waals surface area contributed by atoms with Crippen molar-refractivity contribution in [1.82, 2.24) is 24.7 Å². The number of pyridine rings is 1. The average Bonchev–Trinajstić information content (AvgIpc) is 3.56. The highest BCUT2D eigenvalue weighted by atomic mass is 32.2. The van der Waals surface area contributed by atoms with E-state index in [9.17, 15) is 9.59 Å². The number of thioether (sulfide) groups is 1. The number of hydrogen-bond acceptors (Lipinski definition) is 10. The first-order chi connectivity index (χ1) is 16.1. The Morgan fingerprint density at radius 1 is 1.27 bits per heavy atom. The van der Waals surface area contributed by atoms with Crippen molar-refractivity contribution < 1.29 is 18.7 Å². The lowest BCUT2D eigenvalue weighted by Crippen LogP contribution is -2.15. The molecule has 0 bridgehead atoms.